The normalized spacial score (nSPS) is 13.0. The maximum Gasteiger partial charge on any atom is 0.416 e. The summed E-state index contributed by atoms with van der Waals surface area (Å²) < 4.78 is 40.3. The van der Waals surface area contributed by atoms with Gasteiger partial charge in [0.2, 0.25) is 5.82 Å². The predicted octanol–water partition coefficient (Wildman–Crippen LogP) is 3.34. The number of benzene rings is 1. The Morgan fingerprint density at radius 1 is 1.18 bits per heavy atom. The van der Waals surface area contributed by atoms with E-state index < -0.39 is 23.7 Å². The highest BCUT2D eigenvalue weighted by Gasteiger charge is 2.31. The smallest absolute Gasteiger partial charge is 0.309 e. The van der Waals surface area contributed by atoms with Gasteiger partial charge in [0.05, 0.1) is 11.8 Å². The average Bonchev–Trinajstić information content (AvgIpc) is 3.30. The first-order valence-corrected chi connectivity index (χ1v) is 8.48. The molecule has 1 aromatic carbocycles. The van der Waals surface area contributed by atoms with Crippen molar-refractivity contribution in [3.63, 3.8) is 0 Å². The summed E-state index contributed by atoms with van der Waals surface area (Å²) in [6.07, 6.45) is -2.90. The molecule has 3 rings (SSSR count). The van der Waals surface area contributed by atoms with Crippen molar-refractivity contribution >= 4 is 11.7 Å². The Morgan fingerprint density at radius 3 is 2.61 bits per heavy atom. The Balaban J connectivity index is 1.78. The molecule has 148 valence electrons. The van der Waals surface area contributed by atoms with Crippen molar-refractivity contribution in [3.05, 3.63) is 42.1 Å². The van der Waals surface area contributed by atoms with Crippen LogP contribution in [-0.2, 0) is 11.0 Å². The molecule has 1 atom stereocenters. The number of nitrogens with zero attached hydrogens (tertiary/aromatic N) is 6. The maximum atomic E-state index is 12.9. The molecule has 1 amide bonds. The SMILES string of the molecule is CC(C(=O)Nc1ccnn1C(C)C)n1nnc(-c2cccc(C(F)(F)F)c2)n1. The van der Waals surface area contributed by atoms with E-state index in [1.54, 1.807) is 23.9 Å². The van der Waals surface area contributed by atoms with Crippen molar-refractivity contribution in [2.45, 2.75) is 39.0 Å². The minimum atomic E-state index is -4.47. The fourth-order valence-corrected chi connectivity index (χ4v) is 2.50. The zero-order valence-corrected chi connectivity index (χ0v) is 15.3. The van der Waals surface area contributed by atoms with E-state index in [4.69, 9.17) is 0 Å². The standard InChI is InChI=1S/C17H18F3N7O/c1-10(2)26-14(7-8-21-26)22-16(28)11(3)27-24-15(23-25-27)12-5-4-6-13(9-12)17(18,19)20/h4-11H,1-3H3,(H,22,28). The van der Waals surface area contributed by atoms with Gasteiger partial charge in [-0.3, -0.25) is 4.79 Å². The Kier molecular flexibility index (Phi) is 5.16. The van der Waals surface area contributed by atoms with Crippen molar-refractivity contribution < 1.29 is 18.0 Å². The van der Waals surface area contributed by atoms with Gasteiger partial charge < -0.3 is 5.32 Å². The number of amides is 1. The monoisotopic (exact) mass is 393 g/mol. The molecule has 0 saturated carbocycles. The van der Waals surface area contributed by atoms with Gasteiger partial charge in [-0.1, -0.05) is 12.1 Å². The fourth-order valence-electron chi connectivity index (χ4n) is 2.50. The minimum absolute atomic E-state index is 0.00188. The Bertz CT molecular complexity index is 977. The third kappa shape index (κ3) is 4.02. The largest absolute Gasteiger partial charge is 0.416 e. The number of hydrogen-bond donors (Lipinski definition) is 1. The quantitative estimate of drug-likeness (QED) is 0.718. The number of anilines is 1. The number of carbonyl (C=O) groups excluding carboxylic acids is 1. The molecule has 0 aliphatic carbocycles. The van der Waals surface area contributed by atoms with E-state index in [9.17, 15) is 18.0 Å². The van der Waals surface area contributed by atoms with Crippen LogP contribution in [0.3, 0.4) is 0 Å². The van der Waals surface area contributed by atoms with Crippen LogP contribution < -0.4 is 5.32 Å². The predicted molar refractivity (Wildman–Crippen MR) is 94.2 cm³/mol. The summed E-state index contributed by atoms with van der Waals surface area (Å²) in [5, 5.41) is 18.5. The van der Waals surface area contributed by atoms with E-state index in [-0.39, 0.29) is 17.4 Å². The first-order valence-electron chi connectivity index (χ1n) is 8.48. The number of hydrogen-bond acceptors (Lipinski definition) is 5. The number of halogens is 3. The van der Waals surface area contributed by atoms with Crippen LogP contribution in [0.1, 0.15) is 38.4 Å². The maximum absolute atomic E-state index is 12.9. The molecule has 3 aromatic rings. The molecule has 8 nitrogen and oxygen atoms in total. The lowest BCUT2D eigenvalue weighted by molar-refractivity contribution is -0.137. The fraction of sp³-hybridized carbons (Fsp3) is 0.353. The van der Waals surface area contributed by atoms with Crippen molar-refractivity contribution in [2.24, 2.45) is 0 Å². The van der Waals surface area contributed by atoms with Crippen LogP contribution in [0.25, 0.3) is 11.4 Å². The summed E-state index contributed by atoms with van der Waals surface area (Å²) in [5.41, 5.74) is -0.652. The Morgan fingerprint density at radius 2 is 1.93 bits per heavy atom. The molecule has 28 heavy (non-hydrogen) atoms. The molecule has 0 aliphatic heterocycles. The Hall–Kier alpha value is -3.24. The van der Waals surface area contributed by atoms with Crippen molar-refractivity contribution in [3.8, 4) is 11.4 Å². The summed E-state index contributed by atoms with van der Waals surface area (Å²) in [7, 11) is 0. The second kappa shape index (κ2) is 7.41. The van der Waals surface area contributed by atoms with Gasteiger partial charge in [0.1, 0.15) is 11.9 Å². The van der Waals surface area contributed by atoms with Crippen LogP contribution in [0.5, 0.6) is 0 Å². The molecular formula is C17H18F3N7O. The number of aromatic nitrogens is 6. The second-order valence-electron chi connectivity index (χ2n) is 6.43. The van der Waals surface area contributed by atoms with Crippen molar-refractivity contribution in [1.82, 2.24) is 30.0 Å². The summed E-state index contributed by atoms with van der Waals surface area (Å²) in [6.45, 7) is 5.40. The lowest BCUT2D eigenvalue weighted by Crippen LogP contribution is -2.27. The topological polar surface area (TPSA) is 90.5 Å². The molecule has 0 fully saturated rings. The molecule has 1 N–H and O–H groups in total. The molecule has 2 heterocycles. The molecule has 2 aromatic heterocycles. The zero-order chi connectivity index (χ0) is 20.5. The highest BCUT2D eigenvalue weighted by atomic mass is 19.4. The third-order valence-electron chi connectivity index (χ3n) is 4.01. The van der Waals surface area contributed by atoms with Gasteiger partial charge in [-0.25, -0.2) is 4.68 Å². The molecular weight excluding hydrogens is 375 g/mol. The van der Waals surface area contributed by atoms with E-state index in [1.807, 2.05) is 13.8 Å². The van der Waals surface area contributed by atoms with Gasteiger partial charge in [0.15, 0.2) is 0 Å². The van der Waals surface area contributed by atoms with Crippen LogP contribution in [0.2, 0.25) is 0 Å². The molecule has 1 unspecified atom stereocenters. The van der Waals surface area contributed by atoms with Crippen LogP contribution >= 0.6 is 0 Å². The molecule has 0 saturated heterocycles. The number of alkyl halides is 3. The first kappa shape index (κ1) is 19.5. The first-order chi connectivity index (χ1) is 13.2. The summed E-state index contributed by atoms with van der Waals surface area (Å²) in [6, 6.07) is 5.49. The lowest BCUT2D eigenvalue weighted by Gasteiger charge is -2.14. The number of rotatable bonds is 5. The Labute approximate surface area is 158 Å². The van der Waals surface area contributed by atoms with Crippen LogP contribution in [0.15, 0.2) is 36.5 Å². The summed E-state index contributed by atoms with van der Waals surface area (Å²) in [5.74, 6) is 0.110. The van der Waals surface area contributed by atoms with Gasteiger partial charge in [-0.2, -0.15) is 23.1 Å². The van der Waals surface area contributed by atoms with Gasteiger partial charge in [0, 0.05) is 17.7 Å². The van der Waals surface area contributed by atoms with Crippen LogP contribution in [0, 0.1) is 0 Å². The van der Waals surface area contributed by atoms with E-state index in [0.717, 1.165) is 16.9 Å². The van der Waals surface area contributed by atoms with Crippen LogP contribution in [-0.4, -0.2) is 35.9 Å². The van der Waals surface area contributed by atoms with Crippen molar-refractivity contribution in [2.75, 3.05) is 5.32 Å². The highest BCUT2D eigenvalue weighted by Crippen LogP contribution is 2.31. The molecule has 0 bridgehead atoms. The van der Waals surface area contributed by atoms with Gasteiger partial charge >= 0.3 is 6.18 Å². The molecule has 0 radical (unpaired) electrons. The van der Waals surface area contributed by atoms with E-state index >= 15 is 0 Å². The van der Waals surface area contributed by atoms with Gasteiger partial charge in [-0.05, 0) is 38.1 Å². The lowest BCUT2D eigenvalue weighted by atomic mass is 10.1. The summed E-state index contributed by atoms with van der Waals surface area (Å²) >= 11 is 0. The van der Waals surface area contributed by atoms with Gasteiger partial charge in [-0.15, -0.1) is 10.2 Å². The number of carbonyl (C=O) groups is 1. The van der Waals surface area contributed by atoms with E-state index in [0.29, 0.717) is 5.82 Å². The summed E-state index contributed by atoms with van der Waals surface area (Å²) in [4.78, 5) is 13.5. The zero-order valence-electron chi connectivity index (χ0n) is 15.3. The minimum Gasteiger partial charge on any atom is -0.309 e. The van der Waals surface area contributed by atoms with E-state index in [1.165, 1.54) is 12.1 Å². The second-order valence-corrected chi connectivity index (χ2v) is 6.43. The third-order valence-corrected chi connectivity index (χ3v) is 4.01. The van der Waals surface area contributed by atoms with Crippen molar-refractivity contribution in [1.29, 1.82) is 0 Å². The molecule has 0 aliphatic rings. The molecule has 0 spiro atoms. The highest BCUT2D eigenvalue weighted by molar-refractivity contribution is 5.92. The average molecular weight is 393 g/mol. The van der Waals surface area contributed by atoms with Gasteiger partial charge in [0.25, 0.3) is 5.91 Å². The van der Waals surface area contributed by atoms with Crippen LogP contribution in [0.4, 0.5) is 19.0 Å². The van der Waals surface area contributed by atoms with E-state index in [2.05, 4.69) is 25.8 Å². The number of nitrogens with one attached hydrogen (secondary N) is 1. The number of tetrazole rings is 1. The molecule has 11 heteroatoms.